The second-order valence-electron chi connectivity index (χ2n) is 25.3. The summed E-state index contributed by atoms with van der Waals surface area (Å²) >= 11 is 0. The molecule has 0 amide bonds. The van der Waals surface area contributed by atoms with Crippen LogP contribution in [-0.4, -0.2) is 105 Å². The number of ether oxygens (including phenoxy) is 10. The number of hydrogen-bond acceptors (Lipinski definition) is 17. The molecule has 91 heavy (non-hydrogen) atoms. The first-order valence-corrected chi connectivity index (χ1v) is 32.8. The van der Waals surface area contributed by atoms with E-state index in [-0.39, 0.29) is 31.4 Å². The van der Waals surface area contributed by atoms with E-state index in [1.165, 1.54) is 64.9 Å². The van der Waals surface area contributed by atoms with Gasteiger partial charge in [-0.25, -0.2) is 4.79 Å². The van der Waals surface area contributed by atoms with Crippen molar-refractivity contribution in [1.29, 1.82) is 0 Å². The number of carbonyl (C=O) groups excluding carboxylic acids is 7. The first-order chi connectivity index (χ1) is 43.2. The molecule has 0 bridgehead atoms. The van der Waals surface area contributed by atoms with Crippen LogP contribution in [0.15, 0.2) is 117 Å². The lowest BCUT2D eigenvalue weighted by Gasteiger charge is -2.46. The monoisotopic (exact) mass is 1270 g/mol. The van der Waals surface area contributed by atoms with E-state index in [9.17, 15) is 33.6 Å². The molecule has 2 fully saturated rings. The van der Waals surface area contributed by atoms with E-state index in [2.05, 4.69) is 111 Å². The van der Waals surface area contributed by atoms with Crippen LogP contribution in [-0.2, 0) is 80.9 Å². The van der Waals surface area contributed by atoms with Crippen molar-refractivity contribution in [3.8, 4) is 0 Å². The number of allylic oxidation sites excluding steroid dienone is 17. The van der Waals surface area contributed by atoms with Crippen molar-refractivity contribution >= 4 is 41.8 Å². The van der Waals surface area contributed by atoms with Crippen molar-refractivity contribution < 1.29 is 80.9 Å². The van der Waals surface area contributed by atoms with Crippen LogP contribution < -0.4 is 0 Å². The largest absolute Gasteiger partial charge is 0.472 e. The van der Waals surface area contributed by atoms with Crippen LogP contribution in [0.2, 0.25) is 0 Å². The summed E-state index contributed by atoms with van der Waals surface area (Å²) in [6, 6.07) is 0. The predicted octanol–water partition coefficient (Wildman–Crippen LogP) is 15.8. The number of carbonyl (C=O) groups is 7. The highest BCUT2D eigenvalue weighted by Gasteiger charge is 2.57. The fourth-order valence-corrected chi connectivity index (χ4v) is 11.4. The van der Waals surface area contributed by atoms with E-state index >= 15 is 0 Å². The number of hydrogen-bond donors (Lipinski definition) is 0. The molecule has 17 heteroatoms. The molecule has 0 aromatic rings. The lowest BCUT2D eigenvalue weighted by Crippen LogP contribution is -2.63. The third kappa shape index (κ3) is 31.5. The molecule has 2 aliphatic heterocycles. The second-order valence-corrected chi connectivity index (χ2v) is 25.3. The molecular formula is C74H110O17. The van der Waals surface area contributed by atoms with Gasteiger partial charge in [-0.3, -0.25) is 28.8 Å². The summed E-state index contributed by atoms with van der Waals surface area (Å²) < 4.78 is 56.8. The fourth-order valence-electron chi connectivity index (χ4n) is 11.4. The highest BCUT2D eigenvalue weighted by Crippen LogP contribution is 2.49. The Morgan fingerprint density at radius 1 is 0.451 bits per heavy atom. The number of methoxy groups -OCH3 is 1. The first-order valence-electron chi connectivity index (χ1n) is 32.8. The van der Waals surface area contributed by atoms with Crippen LogP contribution >= 0.6 is 0 Å². The van der Waals surface area contributed by atoms with Crippen LogP contribution in [0.3, 0.4) is 0 Å². The van der Waals surface area contributed by atoms with Gasteiger partial charge in [0, 0.05) is 45.4 Å². The lowest BCUT2D eigenvalue weighted by atomic mass is 9.83. The van der Waals surface area contributed by atoms with E-state index in [0.717, 1.165) is 129 Å². The van der Waals surface area contributed by atoms with Gasteiger partial charge in [0.25, 0.3) is 0 Å². The summed E-state index contributed by atoms with van der Waals surface area (Å²) in [6.07, 6.45) is 29.1. The summed E-state index contributed by atoms with van der Waals surface area (Å²) in [7, 11) is 1.22. The summed E-state index contributed by atoms with van der Waals surface area (Å²) in [6.45, 7) is 27.8. The van der Waals surface area contributed by atoms with Crippen LogP contribution in [0.5, 0.6) is 0 Å². The summed E-state index contributed by atoms with van der Waals surface area (Å²) in [4.78, 5) is 88.3. The Hall–Kier alpha value is -6.59. The maximum atomic E-state index is 13.1. The zero-order valence-electron chi connectivity index (χ0n) is 57.8. The molecule has 1 aliphatic carbocycles. The minimum absolute atomic E-state index is 0.0309. The summed E-state index contributed by atoms with van der Waals surface area (Å²) in [5, 5.41) is 0. The first kappa shape index (κ1) is 78.7. The van der Waals surface area contributed by atoms with Crippen molar-refractivity contribution in [3.63, 3.8) is 0 Å². The van der Waals surface area contributed by atoms with Gasteiger partial charge in [-0.2, -0.15) is 0 Å². The molecule has 0 radical (unpaired) electrons. The third-order valence-corrected chi connectivity index (χ3v) is 16.6. The van der Waals surface area contributed by atoms with Gasteiger partial charge in [-0.05, 0) is 184 Å². The van der Waals surface area contributed by atoms with Crippen LogP contribution in [0.1, 0.15) is 226 Å². The maximum Gasteiger partial charge on any atom is 0.337 e. The Labute approximate surface area is 544 Å². The molecule has 0 aromatic carbocycles. The summed E-state index contributed by atoms with van der Waals surface area (Å²) in [5.74, 6) is -6.82. The normalized spacial score (nSPS) is 23.5. The minimum Gasteiger partial charge on any atom is -0.472 e. The van der Waals surface area contributed by atoms with Crippen molar-refractivity contribution in [3.05, 3.63) is 117 Å². The molecule has 0 N–H and O–H groups in total. The molecule has 1 saturated carbocycles. The van der Waals surface area contributed by atoms with E-state index in [1.807, 2.05) is 13.0 Å². The zero-order chi connectivity index (χ0) is 67.6. The van der Waals surface area contributed by atoms with Gasteiger partial charge in [0.05, 0.1) is 31.8 Å². The number of esters is 7. The Kier molecular flexibility index (Phi) is 36.8. The molecule has 0 spiro atoms. The van der Waals surface area contributed by atoms with Crippen LogP contribution in [0, 0.1) is 17.8 Å². The SMILES string of the molecule is COC(=O)C1=CO[C@@H](O[C@@H]2O[C@H](COC(=O)CCC(=O)OC/C=C(\C)CC/C=C(\C)CC/C=C(\C)CC/C=C(\C)CC/C=C(\C)CC/C=C(\C)CC/C=C(\C)CC/C=C(\C)CCC=C(C)C)[C@@H](OC(C)=O)[C@H](OC(C)=O)[C@H]2OC(C)=O)C2C1C[C@H](OC(C)=O)[C@@H]2C. The molecule has 3 rings (SSSR count). The maximum absolute atomic E-state index is 13.1. The van der Waals surface area contributed by atoms with Crippen LogP contribution in [0.25, 0.3) is 0 Å². The quantitative estimate of drug-likeness (QED) is 0.0319. The van der Waals surface area contributed by atoms with Crippen molar-refractivity contribution in [1.82, 2.24) is 0 Å². The van der Waals surface area contributed by atoms with Crippen molar-refractivity contribution in [2.45, 2.75) is 269 Å². The topological polar surface area (TPSA) is 212 Å². The fraction of sp³-hybridized carbons (Fsp3) is 0.635. The molecule has 2 heterocycles. The van der Waals surface area contributed by atoms with Crippen molar-refractivity contribution in [2.75, 3.05) is 20.3 Å². The van der Waals surface area contributed by atoms with Gasteiger partial charge in [0.1, 0.15) is 25.4 Å². The van der Waals surface area contributed by atoms with Crippen molar-refractivity contribution in [2.24, 2.45) is 17.8 Å². The van der Waals surface area contributed by atoms with Gasteiger partial charge < -0.3 is 47.4 Å². The molecule has 17 nitrogen and oxygen atoms in total. The molecule has 0 aromatic heterocycles. The highest BCUT2D eigenvalue weighted by molar-refractivity contribution is 5.89. The number of rotatable bonds is 38. The van der Waals surface area contributed by atoms with Gasteiger partial charge in [-0.1, -0.05) is 106 Å². The Bertz CT molecular complexity index is 2720. The number of fused-ring (bicyclic) bond motifs is 1. The molecular weight excluding hydrogens is 1160 g/mol. The smallest absolute Gasteiger partial charge is 0.337 e. The van der Waals surface area contributed by atoms with Gasteiger partial charge in [0.15, 0.2) is 18.3 Å². The average molecular weight is 1270 g/mol. The molecule has 2 unspecified atom stereocenters. The standard InChI is InChI=1S/C74H110O17/c1-48(2)25-17-26-49(3)27-18-28-50(4)29-19-30-51(5)31-20-32-52(6)33-21-34-53(7)35-22-36-54(8)37-23-38-55(9)39-24-40-56(10)43-44-83-66(79)41-42-67(80)84-47-65-69(87-59(13)76)70(88-60(14)77)71(89-61(15)78)74(90-65)91-73-68-57(11)64(86-58(12)75)45-62(68)63(46-85-73)72(81)82-16/h25,27,29,31,33,35,37,39,43,46,57,62,64-65,68-71,73-74H,17-24,26,28,30,32,34,36,38,40-42,44-45,47H2,1-16H3/b49-27+,50-29+,51-31+,52-33+,53-35+,54-37+,55-39+,56-43+/t57-,62?,64-,65+,68?,69+,70-,71+,73-,74-/m0/s1. The predicted molar refractivity (Wildman–Crippen MR) is 352 cm³/mol. The third-order valence-electron chi connectivity index (χ3n) is 16.6. The molecule has 508 valence electrons. The zero-order valence-corrected chi connectivity index (χ0v) is 57.8. The van der Waals surface area contributed by atoms with E-state index < -0.39 is 109 Å². The molecule has 10 atom stereocenters. The molecule has 3 aliphatic rings. The van der Waals surface area contributed by atoms with Gasteiger partial charge in [-0.15, -0.1) is 0 Å². The van der Waals surface area contributed by atoms with Gasteiger partial charge >= 0.3 is 41.8 Å². The van der Waals surface area contributed by atoms with Gasteiger partial charge in [0.2, 0.25) is 12.6 Å². The summed E-state index contributed by atoms with van der Waals surface area (Å²) in [5.41, 5.74) is 12.8. The van der Waals surface area contributed by atoms with E-state index in [0.29, 0.717) is 0 Å². The average Bonchev–Trinajstić information content (AvgIpc) is 1.74. The molecule has 1 saturated heterocycles. The van der Waals surface area contributed by atoms with E-state index in [1.54, 1.807) is 6.92 Å². The Morgan fingerprint density at radius 2 is 0.824 bits per heavy atom. The van der Waals surface area contributed by atoms with Crippen LogP contribution in [0.4, 0.5) is 0 Å². The Morgan fingerprint density at radius 3 is 1.22 bits per heavy atom. The lowest BCUT2D eigenvalue weighted by molar-refractivity contribution is -0.345. The highest BCUT2D eigenvalue weighted by atomic mass is 16.8. The second kappa shape index (κ2) is 42.5. The Balaban J connectivity index is 1.40. The van der Waals surface area contributed by atoms with E-state index in [4.69, 9.17) is 47.4 Å². The minimum atomic E-state index is -1.62.